The van der Waals surface area contributed by atoms with Crippen molar-refractivity contribution >= 4 is 38.5 Å². The number of pyridine rings is 1. The van der Waals surface area contributed by atoms with Gasteiger partial charge in [0.1, 0.15) is 5.65 Å². The standard InChI is InChI=1S/C29H34FN5O2/c1-15(2)35-22-11-23(34-13-17(5)33(7)18(6)14-34)28(37-16(3)4)26(30)25(22)27(36)24-20-9-8-19(12-31)10-21(20)32-29(24)35/h8-11,15-18,32H,13-14H2,1-7H3. The third-order valence-corrected chi connectivity index (χ3v) is 7.61. The normalized spacial score (nSPS) is 19.0. The molecular weight excluding hydrogens is 469 g/mol. The number of fused-ring (bicyclic) bond motifs is 4. The number of likely N-dealkylation sites (N-methyl/N-ethyl adjacent to an activating group) is 1. The third kappa shape index (κ3) is 3.93. The summed E-state index contributed by atoms with van der Waals surface area (Å²) in [6.45, 7) is 13.5. The zero-order valence-electron chi connectivity index (χ0n) is 22.5. The minimum Gasteiger partial charge on any atom is -0.486 e. The summed E-state index contributed by atoms with van der Waals surface area (Å²) in [5.74, 6) is -0.491. The Morgan fingerprint density at radius 1 is 1.11 bits per heavy atom. The van der Waals surface area contributed by atoms with Crippen molar-refractivity contribution < 1.29 is 9.13 Å². The topological polar surface area (TPSA) is 77.3 Å². The molecule has 37 heavy (non-hydrogen) atoms. The minimum atomic E-state index is -0.621. The molecule has 194 valence electrons. The van der Waals surface area contributed by atoms with Crippen molar-refractivity contribution in [1.29, 1.82) is 5.26 Å². The molecule has 0 saturated carbocycles. The predicted molar refractivity (Wildman–Crippen MR) is 147 cm³/mol. The van der Waals surface area contributed by atoms with Gasteiger partial charge in [-0.15, -0.1) is 0 Å². The van der Waals surface area contributed by atoms with Crippen molar-refractivity contribution in [1.82, 2.24) is 14.5 Å². The second kappa shape index (κ2) is 9.07. The number of nitriles is 1. The molecule has 1 N–H and O–H groups in total. The molecule has 0 radical (unpaired) electrons. The van der Waals surface area contributed by atoms with Gasteiger partial charge in [0.05, 0.1) is 39.7 Å². The monoisotopic (exact) mass is 503 g/mol. The summed E-state index contributed by atoms with van der Waals surface area (Å²) in [6.07, 6.45) is -0.262. The van der Waals surface area contributed by atoms with Crippen LogP contribution in [0.1, 0.15) is 53.1 Å². The Morgan fingerprint density at radius 2 is 1.78 bits per heavy atom. The molecule has 3 heterocycles. The summed E-state index contributed by atoms with van der Waals surface area (Å²) in [5.41, 5.74) is 2.61. The van der Waals surface area contributed by atoms with E-state index >= 15 is 4.39 Å². The summed E-state index contributed by atoms with van der Waals surface area (Å²) in [5, 5.41) is 10.5. The average Bonchev–Trinajstić information content (AvgIpc) is 3.21. The van der Waals surface area contributed by atoms with Crippen LogP contribution in [-0.4, -0.2) is 52.8 Å². The van der Waals surface area contributed by atoms with Crippen LogP contribution in [0.2, 0.25) is 0 Å². The van der Waals surface area contributed by atoms with Crippen molar-refractivity contribution in [2.24, 2.45) is 0 Å². The first kappa shape index (κ1) is 25.1. The van der Waals surface area contributed by atoms with E-state index in [9.17, 15) is 10.1 Å². The summed E-state index contributed by atoms with van der Waals surface area (Å²) >= 11 is 0. The number of rotatable bonds is 4. The molecule has 1 fully saturated rings. The molecule has 2 unspecified atom stereocenters. The highest BCUT2D eigenvalue weighted by Gasteiger charge is 2.32. The maximum Gasteiger partial charge on any atom is 0.202 e. The first-order valence-electron chi connectivity index (χ1n) is 12.9. The molecule has 2 aromatic heterocycles. The van der Waals surface area contributed by atoms with E-state index in [0.29, 0.717) is 38.7 Å². The summed E-state index contributed by atoms with van der Waals surface area (Å²) in [7, 11) is 2.11. The van der Waals surface area contributed by atoms with Gasteiger partial charge in [-0.1, -0.05) is 6.07 Å². The van der Waals surface area contributed by atoms with E-state index in [0.717, 1.165) is 13.1 Å². The van der Waals surface area contributed by atoms with Crippen LogP contribution in [0.25, 0.3) is 32.8 Å². The van der Waals surface area contributed by atoms with Gasteiger partial charge in [-0.3, -0.25) is 9.69 Å². The van der Waals surface area contributed by atoms with Gasteiger partial charge in [0.15, 0.2) is 11.6 Å². The van der Waals surface area contributed by atoms with E-state index < -0.39 is 5.82 Å². The maximum atomic E-state index is 16.5. The van der Waals surface area contributed by atoms with Crippen LogP contribution in [0, 0.1) is 17.1 Å². The fourth-order valence-corrected chi connectivity index (χ4v) is 5.64. The second-order valence-corrected chi connectivity index (χ2v) is 10.9. The molecule has 0 spiro atoms. The molecule has 1 aliphatic heterocycles. The van der Waals surface area contributed by atoms with Crippen molar-refractivity contribution in [3.63, 3.8) is 0 Å². The molecule has 0 bridgehead atoms. The molecule has 2 atom stereocenters. The van der Waals surface area contributed by atoms with Crippen LogP contribution < -0.4 is 15.1 Å². The fraction of sp³-hybridized carbons (Fsp3) is 0.448. The summed E-state index contributed by atoms with van der Waals surface area (Å²) in [6, 6.07) is 9.72. The lowest BCUT2D eigenvalue weighted by molar-refractivity contribution is 0.168. The van der Waals surface area contributed by atoms with Gasteiger partial charge in [0, 0.05) is 42.1 Å². The largest absolute Gasteiger partial charge is 0.486 e. The van der Waals surface area contributed by atoms with Crippen molar-refractivity contribution in [3.05, 3.63) is 45.9 Å². The highest BCUT2D eigenvalue weighted by molar-refractivity contribution is 6.10. The van der Waals surface area contributed by atoms with Gasteiger partial charge in [-0.05, 0) is 66.8 Å². The van der Waals surface area contributed by atoms with E-state index in [1.807, 2.05) is 38.3 Å². The minimum absolute atomic E-state index is 0.0288. The van der Waals surface area contributed by atoms with Crippen molar-refractivity contribution in [2.45, 2.75) is 65.8 Å². The third-order valence-electron chi connectivity index (χ3n) is 7.61. The number of aromatic amines is 1. The molecule has 0 amide bonds. The first-order valence-corrected chi connectivity index (χ1v) is 12.9. The lowest BCUT2D eigenvalue weighted by atomic mass is 10.0. The molecule has 5 rings (SSSR count). The number of anilines is 1. The van der Waals surface area contributed by atoms with Gasteiger partial charge in [0.2, 0.25) is 5.43 Å². The van der Waals surface area contributed by atoms with Crippen LogP contribution >= 0.6 is 0 Å². The van der Waals surface area contributed by atoms with Gasteiger partial charge in [-0.2, -0.15) is 5.26 Å². The van der Waals surface area contributed by atoms with Crippen molar-refractivity contribution in [2.75, 3.05) is 25.0 Å². The number of nitrogens with one attached hydrogen (secondary N) is 1. The second-order valence-electron chi connectivity index (χ2n) is 10.9. The van der Waals surface area contributed by atoms with E-state index in [4.69, 9.17) is 4.74 Å². The highest BCUT2D eigenvalue weighted by atomic mass is 19.1. The zero-order valence-corrected chi connectivity index (χ0v) is 22.5. The Morgan fingerprint density at radius 3 is 2.38 bits per heavy atom. The molecule has 2 aromatic carbocycles. The summed E-state index contributed by atoms with van der Waals surface area (Å²) in [4.78, 5) is 21.8. The molecule has 1 saturated heterocycles. The predicted octanol–water partition coefficient (Wildman–Crippen LogP) is 5.54. The molecule has 8 heteroatoms. The number of hydrogen-bond donors (Lipinski definition) is 1. The smallest absolute Gasteiger partial charge is 0.202 e. The number of piperazine rings is 1. The molecule has 7 nitrogen and oxygen atoms in total. The quantitative estimate of drug-likeness (QED) is 0.396. The van der Waals surface area contributed by atoms with Gasteiger partial charge >= 0.3 is 0 Å². The molecule has 0 aliphatic carbocycles. The SMILES string of the molecule is CC(C)Oc1c(N2CC(C)N(C)C(C)C2)cc2c(c1F)c(=O)c1c3ccc(C#N)cc3[nH]c1n2C(C)C. The Labute approximate surface area is 216 Å². The maximum absolute atomic E-state index is 16.5. The van der Waals surface area contributed by atoms with Crippen LogP contribution in [0.5, 0.6) is 5.75 Å². The van der Waals surface area contributed by atoms with Crippen molar-refractivity contribution in [3.8, 4) is 11.8 Å². The Kier molecular flexibility index (Phi) is 6.15. The Hall–Kier alpha value is -3.57. The van der Waals surface area contributed by atoms with Crippen LogP contribution in [0.15, 0.2) is 29.1 Å². The molecule has 1 aliphatic rings. The summed E-state index contributed by atoms with van der Waals surface area (Å²) < 4.78 is 24.6. The molecular formula is C29H34FN5O2. The van der Waals surface area contributed by atoms with E-state index in [2.05, 4.69) is 41.7 Å². The Bertz CT molecular complexity index is 1620. The number of hydrogen-bond acceptors (Lipinski definition) is 5. The van der Waals surface area contributed by atoms with E-state index in [1.165, 1.54) is 0 Å². The number of halogens is 1. The average molecular weight is 504 g/mol. The van der Waals surface area contributed by atoms with Crippen LogP contribution in [0.3, 0.4) is 0 Å². The van der Waals surface area contributed by atoms with E-state index in [-0.39, 0.29) is 40.8 Å². The van der Waals surface area contributed by atoms with Gasteiger partial charge in [-0.25, -0.2) is 4.39 Å². The van der Waals surface area contributed by atoms with Gasteiger partial charge in [0.25, 0.3) is 0 Å². The number of ether oxygens (including phenoxy) is 1. The first-order chi connectivity index (χ1) is 17.5. The lowest BCUT2D eigenvalue weighted by Crippen LogP contribution is -2.55. The van der Waals surface area contributed by atoms with Crippen LogP contribution in [0.4, 0.5) is 10.1 Å². The zero-order chi connectivity index (χ0) is 26.8. The van der Waals surface area contributed by atoms with Crippen LogP contribution in [-0.2, 0) is 0 Å². The molecule has 4 aromatic rings. The van der Waals surface area contributed by atoms with Gasteiger partial charge < -0.3 is 19.2 Å². The number of benzene rings is 2. The fourth-order valence-electron chi connectivity index (χ4n) is 5.64. The number of nitrogens with zero attached hydrogens (tertiary/aromatic N) is 4. The number of H-pyrrole nitrogens is 1. The van der Waals surface area contributed by atoms with E-state index in [1.54, 1.807) is 18.2 Å². The lowest BCUT2D eigenvalue weighted by Gasteiger charge is -2.44. The number of aromatic nitrogens is 2. The highest BCUT2D eigenvalue weighted by Crippen LogP contribution is 2.40. The Balaban J connectivity index is 1.90.